The van der Waals surface area contributed by atoms with Gasteiger partial charge in [0, 0.05) is 0 Å². The van der Waals surface area contributed by atoms with E-state index in [-0.39, 0.29) is 5.82 Å². The zero-order chi connectivity index (χ0) is 18.4. The smallest absolute Gasteiger partial charge is 0.165 e. The van der Waals surface area contributed by atoms with Gasteiger partial charge in [-0.3, -0.25) is 0 Å². The van der Waals surface area contributed by atoms with Crippen molar-refractivity contribution in [3.63, 3.8) is 0 Å². The van der Waals surface area contributed by atoms with E-state index in [9.17, 15) is 4.39 Å². The number of hydrogen-bond donors (Lipinski definition) is 0. The van der Waals surface area contributed by atoms with E-state index in [4.69, 9.17) is 4.74 Å². The first-order valence-electron chi connectivity index (χ1n) is 10.7. The van der Waals surface area contributed by atoms with Crippen molar-refractivity contribution in [1.82, 2.24) is 0 Å². The molecule has 0 radical (unpaired) electrons. The van der Waals surface area contributed by atoms with Gasteiger partial charge in [0.25, 0.3) is 0 Å². The lowest BCUT2D eigenvalue weighted by Crippen LogP contribution is -2.23. The topological polar surface area (TPSA) is 9.23 Å². The van der Waals surface area contributed by atoms with E-state index in [2.05, 4.69) is 13.0 Å². The molecule has 0 N–H and O–H groups in total. The Bertz CT molecular complexity index is 598. The molecule has 0 aromatic heterocycles. The molecule has 1 aromatic carbocycles. The van der Waals surface area contributed by atoms with Crippen LogP contribution in [0.25, 0.3) is 5.57 Å². The van der Waals surface area contributed by atoms with Gasteiger partial charge in [0.1, 0.15) is 0 Å². The highest BCUT2D eigenvalue weighted by Gasteiger charge is 2.28. The summed E-state index contributed by atoms with van der Waals surface area (Å²) in [5, 5.41) is 0. The summed E-state index contributed by atoms with van der Waals surface area (Å²) < 4.78 is 19.0. The number of ether oxygens (including phenoxy) is 1. The first-order valence-corrected chi connectivity index (χ1v) is 10.7. The normalized spacial score (nSPS) is 26.4. The van der Waals surface area contributed by atoms with E-state index >= 15 is 0 Å². The Balaban J connectivity index is 1.50. The van der Waals surface area contributed by atoms with E-state index in [1.165, 1.54) is 76.9 Å². The van der Waals surface area contributed by atoms with Crippen molar-refractivity contribution in [3.8, 4) is 5.75 Å². The summed E-state index contributed by atoms with van der Waals surface area (Å²) in [6.07, 6.45) is 17.3. The summed E-state index contributed by atoms with van der Waals surface area (Å²) in [6, 6.07) is 5.37. The third-order valence-corrected chi connectivity index (χ3v) is 6.75. The second-order valence-electron chi connectivity index (χ2n) is 8.39. The molecule has 0 amide bonds. The van der Waals surface area contributed by atoms with Crippen LogP contribution in [-0.2, 0) is 0 Å². The molecule has 0 heterocycles. The molecule has 1 fully saturated rings. The van der Waals surface area contributed by atoms with Gasteiger partial charge in [-0.25, -0.2) is 4.39 Å². The molecule has 2 aliphatic rings. The molecule has 1 unspecified atom stereocenters. The molecule has 0 bridgehead atoms. The average Bonchev–Trinajstić information content (AvgIpc) is 2.69. The van der Waals surface area contributed by atoms with Crippen molar-refractivity contribution in [2.75, 3.05) is 7.11 Å². The van der Waals surface area contributed by atoms with Crippen LogP contribution < -0.4 is 4.74 Å². The number of methoxy groups -OCH3 is 1. The Labute approximate surface area is 159 Å². The van der Waals surface area contributed by atoms with Crippen LogP contribution in [0.4, 0.5) is 4.39 Å². The number of unbranched alkanes of at least 4 members (excludes halogenated alkanes) is 2. The lowest BCUT2D eigenvalue weighted by atomic mass is 9.70. The van der Waals surface area contributed by atoms with Gasteiger partial charge in [-0.2, -0.15) is 0 Å². The van der Waals surface area contributed by atoms with E-state index in [0.717, 1.165) is 29.7 Å². The Hall–Kier alpha value is -1.31. The first kappa shape index (κ1) is 19.5. The maximum absolute atomic E-state index is 14.0. The highest BCUT2D eigenvalue weighted by Crippen LogP contribution is 2.42. The average molecular weight is 359 g/mol. The Kier molecular flexibility index (Phi) is 7.16. The Morgan fingerprint density at radius 3 is 2.46 bits per heavy atom. The molecule has 0 spiro atoms. The quantitative estimate of drug-likeness (QED) is 0.461. The molecule has 3 rings (SSSR count). The zero-order valence-corrected chi connectivity index (χ0v) is 16.6. The van der Waals surface area contributed by atoms with Gasteiger partial charge < -0.3 is 4.74 Å². The largest absolute Gasteiger partial charge is 0.494 e. The second kappa shape index (κ2) is 9.58. The molecular weight excluding hydrogens is 323 g/mol. The maximum Gasteiger partial charge on any atom is 0.165 e. The van der Waals surface area contributed by atoms with Crippen molar-refractivity contribution >= 4 is 5.57 Å². The van der Waals surface area contributed by atoms with Crippen molar-refractivity contribution in [3.05, 3.63) is 35.7 Å². The standard InChI is InChI=1S/C24H35FO/c1-3-4-5-6-18-7-9-19(10-8-18)20-11-13-21(14-12-20)22-15-16-24(26-2)23(25)17-22/h13,15-20H,3-12,14H2,1-2H3. The van der Waals surface area contributed by atoms with Crippen molar-refractivity contribution in [2.45, 2.75) is 77.6 Å². The number of rotatable bonds is 7. The van der Waals surface area contributed by atoms with Gasteiger partial charge in [0.05, 0.1) is 7.11 Å². The zero-order valence-electron chi connectivity index (χ0n) is 16.6. The van der Waals surface area contributed by atoms with E-state index in [0.29, 0.717) is 5.75 Å². The SMILES string of the molecule is CCCCCC1CCC(C2CC=C(c3ccc(OC)c(F)c3)CC2)CC1. The Morgan fingerprint density at radius 1 is 1.04 bits per heavy atom. The summed E-state index contributed by atoms with van der Waals surface area (Å²) in [5.41, 5.74) is 2.34. The number of halogens is 1. The molecule has 1 aromatic rings. The highest BCUT2D eigenvalue weighted by atomic mass is 19.1. The fourth-order valence-electron chi connectivity index (χ4n) is 5.04. The van der Waals surface area contributed by atoms with Crippen molar-refractivity contribution < 1.29 is 9.13 Å². The highest BCUT2D eigenvalue weighted by molar-refractivity contribution is 5.67. The summed E-state index contributed by atoms with van der Waals surface area (Å²) >= 11 is 0. The van der Waals surface area contributed by atoms with Crippen molar-refractivity contribution in [1.29, 1.82) is 0 Å². The first-order chi connectivity index (χ1) is 12.7. The minimum absolute atomic E-state index is 0.255. The minimum Gasteiger partial charge on any atom is -0.494 e. The van der Waals surface area contributed by atoms with Crippen LogP contribution in [0, 0.1) is 23.6 Å². The van der Waals surface area contributed by atoms with Crippen LogP contribution in [-0.4, -0.2) is 7.11 Å². The van der Waals surface area contributed by atoms with E-state index in [1.54, 1.807) is 12.1 Å². The predicted octanol–water partition coefficient (Wildman–Crippen LogP) is 7.40. The maximum atomic E-state index is 14.0. The molecule has 0 saturated heterocycles. The second-order valence-corrected chi connectivity index (χ2v) is 8.39. The number of benzene rings is 1. The third-order valence-electron chi connectivity index (χ3n) is 6.75. The van der Waals surface area contributed by atoms with Gasteiger partial charge in [-0.1, -0.05) is 57.6 Å². The fourth-order valence-corrected chi connectivity index (χ4v) is 5.04. The van der Waals surface area contributed by atoms with Crippen LogP contribution in [0.15, 0.2) is 24.3 Å². The molecule has 1 saturated carbocycles. The monoisotopic (exact) mass is 358 g/mol. The van der Waals surface area contributed by atoms with Gasteiger partial charge in [-0.05, 0) is 73.1 Å². The summed E-state index contributed by atoms with van der Waals surface area (Å²) in [7, 11) is 1.51. The molecule has 2 heteroatoms. The van der Waals surface area contributed by atoms with Gasteiger partial charge >= 0.3 is 0 Å². The molecular formula is C24H35FO. The summed E-state index contributed by atoms with van der Waals surface area (Å²) in [6.45, 7) is 2.29. The predicted molar refractivity (Wildman–Crippen MR) is 108 cm³/mol. The molecule has 0 aliphatic heterocycles. The third kappa shape index (κ3) is 4.90. The molecule has 1 atom stereocenters. The van der Waals surface area contributed by atoms with Crippen LogP contribution in [0.2, 0.25) is 0 Å². The molecule has 1 nitrogen and oxygen atoms in total. The van der Waals surface area contributed by atoms with Crippen molar-refractivity contribution in [2.24, 2.45) is 17.8 Å². The van der Waals surface area contributed by atoms with Gasteiger partial charge in [0.15, 0.2) is 11.6 Å². The van der Waals surface area contributed by atoms with Gasteiger partial charge in [0.2, 0.25) is 0 Å². The lowest BCUT2D eigenvalue weighted by molar-refractivity contribution is 0.187. The Morgan fingerprint density at radius 2 is 1.85 bits per heavy atom. The summed E-state index contributed by atoms with van der Waals surface area (Å²) in [4.78, 5) is 0. The minimum atomic E-state index is -0.255. The lowest BCUT2D eigenvalue weighted by Gasteiger charge is -2.35. The van der Waals surface area contributed by atoms with Gasteiger partial charge in [-0.15, -0.1) is 0 Å². The molecule has 144 valence electrons. The number of hydrogen-bond acceptors (Lipinski definition) is 1. The van der Waals surface area contributed by atoms with Crippen LogP contribution >= 0.6 is 0 Å². The van der Waals surface area contributed by atoms with E-state index < -0.39 is 0 Å². The van der Waals surface area contributed by atoms with Crippen LogP contribution in [0.5, 0.6) is 5.75 Å². The number of allylic oxidation sites excluding steroid dienone is 2. The van der Waals surface area contributed by atoms with E-state index in [1.807, 2.05) is 6.07 Å². The summed E-state index contributed by atoms with van der Waals surface area (Å²) in [5.74, 6) is 2.84. The molecule has 2 aliphatic carbocycles. The van der Waals surface area contributed by atoms with Crippen LogP contribution in [0.3, 0.4) is 0 Å². The fraction of sp³-hybridized carbons (Fsp3) is 0.667. The molecule has 26 heavy (non-hydrogen) atoms. The van der Waals surface area contributed by atoms with Crippen LogP contribution in [0.1, 0.15) is 83.1 Å².